The second-order valence-electron chi connectivity index (χ2n) is 7.06. The highest BCUT2D eigenvalue weighted by atomic mass is 35.5. The molecule has 5 aromatic rings. The fourth-order valence-electron chi connectivity index (χ4n) is 3.69. The third-order valence-corrected chi connectivity index (χ3v) is 5.57. The van der Waals surface area contributed by atoms with Crippen molar-refractivity contribution in [2.45, 2.75) is 13.0 Å². The second kappa shape index (κ2) is 7.68. The van der Waals surface area contributed by atoms with Gasteiger partial charge in [-0.1, -0.05) is 41.9 Å². The number of nitrogens with zero attached hydrogens (tertiary/aromatic N) is 4. The van der Waals surface area contributed by atoms with Crippen LogP contribution in [0.5, 0.6) is 0 Å². The van der Waals surface area contributed by atoms with Crippen LogP contribution in [-0.2, 0) is 0 Å². The zero-order valence-electron chi connectivity index (χ0n) is 16.3. The number of fused-ring (bicyclic) bond motifs is 2. The molecular weight excluding hydrogens is 435 g/mol. The lowest BCUT2D eigenvalue weighted by Gasteiger charge is -2.21. The summed E-state index contributed by atoms with van der Waals surface area (Å²) in [6.45, 7) is 1.94. The van der Waals surface area contributed by atoms with E-state index in [9.17, 15) is 4.79 Å². The molecule has 9 heteroatoms. The highest BCUT2D eigenvalue weighted by Gasteiger charge is 2.19. The summed E-state index contributed by atoms with van der Waals surface area (Å²) in [4.78, 5) is 29.2. The van der Waals surface area contributed by atoms with E-state index in [1.165, 1.54) is 6.33 Å². The molecule has 31 heavy (non-hydrogen) atoms. The van der Waals surface area contributed by atoms with Crippen LogP contribution in [0.4, 0.5) is 5.82 Å². The normalized spacial score (nSPS) is 12.4. The quantitative estimate of drug-likeness (QED) is 0.370. The van der Waals surface area contributed by atoms with Gasteiger partial charge < -0.3 is 10.3 Å². The van der Waals surface area contributed by atoms with Crippen molar-refractivity contribution in [2.24, 2.45) is 0 Å². The first-order valence-electron chi connectivity index (χ1n) is 9.55. The maximum atomic E-state index is 13.5. The fourth-order valence-corrected chi connectivity index (χ4v) is 4.12. The van der Waals surface area contributed by atoms with E-state index in [1.54, 1.807) is 10.6 Å². The number of hydrogen-bond acceptors (Lipinski definition) is 5. The standard InChI is InChI=1S/C22H16Cl2N6O/c1-12(27-20-18-19(26-11-25-18)28-22(24)29-20)16-10-13-6-5-9-15(23)17(13)21(31)30(16)14-7-3-2-4-8-14/h2-12H,1H3,(H2,25,26,27,28,29)/t12-/m0/s1. The Hall–Kier alpha value is -3.42. The highest BCUT2D eigenvalue weighted by Crippen LogP contribution is 2.28. The van der Waals surface area contributed by atoms with E-state index in [2.05, 4.69) is 25.3 Å². The minimum Gasteiger partial charge on any atom is -0.360 e. The van der Waals surface area contributed by atoms with Crippen molar-refractivity contribution in [1.82, 2.24) is 24.5 Å². The van der Waals surface area contributed by atoms with Crippen LogP contribution < -0.4 is 10.9 Å². The molecule has 0 aliphatic carbocycles. The molecule has 0 unspecified atom stereocenters. The minimum absolute atomic E-state index is 0.0946. The Kier molecular flexibility index (Phi) is 4.84. The minimum atomic E-state index is -0.317. The molecule has 5 rings (SSSR count). The molecule has 0 aliphatic rings. The summed E-state index contributed by atoms with van der Waals surface area (Å²) in [5.41, 5.74) is 2.38. The van der Waals surface area contributed by atoms with Crippen molar-refractivity contribution in [3.63, 3.8) is 0 Å². The molecule has 2 aromatic carbocycles. The lowest BCUT2D eigenvalue weighted by atomic mass is 10.1. The Bertz CT molecular complexity index is 1480. The number of aromatic amines is 1. The van der Waals surface area contributed by atoms with Crippen molar-refractivity contribution in [1.29, 1.82) is 0 Å². The molecule has 2 N–H and O–H groups in total. The largest absolute Gasteiger partial charge is 0.360 e. The van der Waals surface area contributed by atoms with Gasteiger partial charge in [-0.2, -0.15) is 9.97 Å². The van der Waals surface area contributed by atoms with Gasteiger partial charge in [0.2, 0.25) is 5.28 Å². The number of para-hydroxylation sites is 1. The molecule has 0 saturated heterocycles. The van der Waals surface area contributed by atoms with E-state index in [0.29, 0.717) is 27.4 Å². The Morgan fingerprint density at radius 3 is 2.68 bits per heavy atom. The lowest BCUT2D eigenvalue weighted by molar-refractivity contribution is 0.774. The van der Waals surface area contributed by atoms with Gasteiger partial charge in [-0.3, -0.25) is 9.36 Å². The van der Waals surface area contributed by atoms with Gasteiger partial charge in [-0.25, -0.2) is 4.98 Å². The van der Waals surface area contributed by atoms with Crippen LogP contribution in [0.2, 0.25) is 10.3 Å². The molecule has 0 saturated carbocycles. The number of H-pyrrole nitrogens is 1. The number of benzene rings is 2. The van der Waals surface area contributed by atoms with E-state index in [0.717, 1.165) is 16.8 Å². The van der Waals surface area contributed by atoms with E-state index < -0.39 is 0 Å². The van der Waals surface area contributed by atoms with Gasteiger partial charge in [0.05, 0.1) is 22.8 Å². The molecule has 0 spiro atoms. The predicted molar refractivity (Wildman–Crippen MR) is 123 cm³/mol. The van der Waals surface area contributed by atoms with Gasteiger partial charge >= 0.3 is 0 Å². The number of halogens is 2. The summed E-state index contributed by atoms with van der Waals surface area (Å²) < 4.78 is 1.66. The lowest BCUT2D eigenvalue weighted by Crippen LogP contribution is -2.26. The molecule has 3 aromatic heterocycles. The van der Waals surface area contributed by atoms with Gasteiger partial charge in [0.25, 0.3) is 5.56 Å². The van der Waals surface area contributed by atoms with Crippen LogP contribution in [0.3, 0.4) is 0 Å². The highest BCUT2D eigenvalue weighted by molar-refractivity contribution is 6.35. The summed E-state index contributed by atoms with van der Waals surface area (Å²) >= 11 is 12.5. The van der Waals surface area contributed by atoms with E-state index in [-0.39, 0.29) is 16.9 Å². The zero-order chi connectivity index (χ0) is 21.5. The first kappa shape index (κ1) is 19.5. The Morgan fingerprint density at radius 2 is 1.87 bits per heavy atom. The first-order chi connectivity index (χ1) is 15.0. The molecule has 154 valence electrons. The van der Waals surface area contributed by atoms with Gasteiger partial charge in [-0.15, -0.1) is 0 Å². The molecule has 0 bridgehead atoms. The fraction of sp³-hybridized carbons (Fsp3) is 0.0909. The molecule has 3 heterocycles. The number of nitrogens with one attached hydrogen (secondary N) is 2. The number of anilines is 1. The maximum absolute atomic E-state index is 13.5. The zero-order valence-corrected chi connectivity index (χ0v) is 17.8. The van der Waals surface area contributed by atoms with Gasteiger partial charge in [-0.05, 0) is 48.2 Å². The van der Waals surface area contributed by atoms with Crippen LogP contribution in [0.15, 0.2) is 65.7 Å². The van der Waals surface area contributed by atoms with Gasteiger partial charge in [0.15, 0.2) is 11.5 Å². The second-order valence-corrected chi connectivity index (χ2v) is 7.80. The van der Waals surface area contributed by atoms with E-state index in [4.69, 9.17) is 23.2 Å². The molecule has 0 amide bonds. The summed E-state index contributed by atoms with van der Waals surface area (Å²) in [5.74, 6) is 0.474. The van der Waals surface area contributed by atoms with Crippen molar-refractivity contribution in [3.05, 3.63) is 87.3 Å². The number of hydrogen-bond donors (Lipinski definition) is 2. The molecule has 1 atom stereocenters. The summed E-state index contributed by atoms with van der Waals surface area (Å²) in [5, 5.41) is 5.08. The smallest absolute Gasteiger partial charge is 0.264 e. The summed E-state index contributed by atoms with van der Waals surface area (Å²) in [6.07, 6.45) is 1.53. The number of pyridine rings is 1. The first-order valence-corrected chi connectivity index (χ1v) is 10.3. The van der Waals surface area contributed by atoms with Crippen molar-refractivity contribution in [2.75, 3.05) is 5.32 Å². The van der Waals surface area contributed by atoms with Crippen LogP contribution in [0.25, 0.3) is 27.6 Å². The number of aromatic nitrogens is 5. The Morgan fingerprint density at radius 1 is 1.06 bits per heavy atom. The summed E-state index contributed by atoms with van der Waals surface area (Å²) in [6, 6.07) is 16.5. The van der Waals surface area contributed by atoms with E-state index >= 15 is 0 Å². The Labute approximate surface area is 186 Å². The van der Waals surface area contributed by atoms with Crippen LogP contribution >= 0.6 is 23.2 Å². The number of rotatable bonds is 4. The molecule has 0 aliphatic heterocycles. The predicted octanol–water partition coefficient (Wildman–Crippen LogP) is 5.14. The number of imidazole rings is 1. The third-order valence-electron chi connectivity index (χ3n) is 5.09. The molecule has 7 nitrogen and oxygen atoms in total. The SMILES string of the molecule is C[C@H](Nc1nc(Cl)nc2[nH]cnc12)c1cc2cccc(Cl)c2c(=O)n1-c1ccccc1. The average molecular weight is 451 g/mol. The third kappa shape index (κ3) is 3.41. The monoisotopic (exact) mass is 450 g/mol. The van der Waals surface area contributed by atoms with Gasteiger partial charge in [0, 0.05) is 11.4 Å². The van der Waals surface area contributed by atoms with E-state index in [1.807, 2.05) is 55.5 Å². The van der Waals surface area contributed by atoms with Crippen molar-refractivity contribution < 1.29 is 0 Å². The molecule has 0 radical (unpaired) electrons. The summed E-state index contributed by atoms with van der Waals surface area (Å²) in [7, 11) is 0. The molecule has 0 fully saturated rings. The van der Waals surface area contributed by atoms with Crippen LogP contribution in [0, 0.1) is 0 Å². The average Bonchev–Trinajstić information content (AvgIpc) is 3.22. The maximum Gasteiger partial charge on any atom is 0.264 e. The van der Waals surface area contributed by atoms with Gasteiger partial charge in [0.1, 0.15) is 5.52 Å². The van der Waals surface area contributed by atoms with Crippen molar-refractivity contribution in [3.8, 4) is 5.69 Å². The molecular formula is C22H16Cl2N6O. The topological polar surface area (TPSA) is 88.5 Å². The van der Waals surface area contributed by atoms with Crippen LogP contribution in [0.1, 0.15) is 18.7 Å². The van der Waals surface area contributed by atoms with Crippen LogP contribution in [-0.4, -0.2) is 24.5 Å². The van der Waals surface area contributed by atoms with Crippen molar-refractivity contribution >= 4 is 51.0 Å². The Balaban J connectivity index is 1.71.